The molecule has 1 heterocycles. The van der Waals surface area contributed by atoms with Crippen molar-refractivity contribution in [3.63, 3.8) is 0 Å². The summed E-state index contributed by atoms with van der Waals surface area (Å²) < 4.78 is 0. The van der Waals surface area contributed by atoms with Crippen molar-refractivity contribution < 1.29 is 14.7 Å². The maximum Gasteiger partial charge on any atom is 0.316 e. The van der Waals surface area contributed by atoms with Gasteiger partial charge in [-0.1, -0.05) is 12.1 Å². The van der Waals surface area contributed by atoms with Gasteiger partial charge in [-0.15, -0.1) is 11.8 Å². The average Bonchev–Trinajstić information content (AvgIpc) is 2.54. The molecule has 1 aromatic rings. The van der Waals surface area contributed by atoms with Crippen molar-refractivity contribution in [2.45, 2.75) is 22.3 Å². The summed E-state index contributed by atoms with van der Waals surface area (Å²) in [5, 5.41) is 11.9. The molecule has 22 heavy (non-hydrogen) atoms. The number of carbonyl (C=O) groups excluding carboxylic acids is 1. The third kappa shape index (κ3) is 5.14. The molecule has 0 radical (unpaired) electrons. The van der Waals surface area contributed by atoms with E-state index in [9.17, 15) is 9.59 Å². The van der Waals surface area contributed by atoms with Gasteiger partial charge in [-0.3, -0.25) is 9.59 Å². The Balaban J connectivity index is 1.97. The lowest BCUT2D eigenvalue weighted by molar-refractivity contribution is -0.136. The molecule has 0 bridgehead atoms. The molecule has 0 saturated carbocycles. The Morgan fingerprint density at radius 3 is 2.86 bits per heavy atom. The first-order valence-electron chi connectivity index (χ1n) is 7.04. The summed E-state index contributed by atoms with van der Waals surface area (Å²) in [4.78, 5) is 24.1. The molecule has 2 atom stereocenters. The van der Waals surface area contributed by atoms with Gasteiger partial charge in [0, 0.05) is 33.9 Å². The van der Waals surface area contributed by atoms with Gasteiger partial charge in [0.05, 0.1) is 5.56 Å². The molecule has 1 saturated heterocycles. The molecule has 0 aliphatic carbocycles. The molecular weight excluding hydrogens is 338 g/mol. The minimum Gasteiger partial charge on any atom is -0.480 e. The second-order valence-electron chi connectivity index (χ2n) is 4.87. The van der Waals surface area contributed by atoms with E-state index in [4.69, 9.17) is 5.11 Å². The molecule has 4 nitrogen and oxygen atoms in total. The van der Waals surface area contributed by atoms with Crippen LogP contribution in [0.2, 0.25) is 0 Å². The highest BCUT2D eigenvalue weighted by Crippen LogP contribution is 2.27. The molecule has 120 valence electrons. The summed E-state index contributed by atoms with van der Waals surface area (Å²) in [7, 11) is 0. The first-order valence-corrected chi connectivity index (χ1v) is 10.1. The monoisotopic (exact) mass is 357 g/mol. The van der Waals surface area contributed by atoms with Crippen LogP contribution in [0.25, 0.3) is 0 Å². The standard InChI is InChI=1S/C15H19NO3S3/c1-10(15(18)19)22-13-5-3-2-4-12(13)14(17)16-8-11-9-20-6-7-21-11/h2-5,10-11H,6-9H2,1H3,(H,16,17)(H,18,19). The van der Waals surface area contributed by atoms with Gasteiger partial charge in [-0.05, 0) is 19.1 Å². The molecule has 1 amide bonds. The van der Waals surface area contributed by atoms with E-state index in [2.05, 4.69) is 5.32 Å². The lowest BCUT2D eigenvalue weighted by atomic mass is 10.2. The number of aliphatic carboxylic acids is 1. The number of hydrogen-bond donors (Lipinski definition) is 2. The number of rotatable bonds is 6. The summed E-state index contributed by atoms with van der Waals surface area (Å²) in [6, 6.07) is 7.16. The van der Waals surface area contributed by atoms with E-state index in [1.54, 1.807) is 25.1 Å². The summed E-state index contributed by atoms with van der Waals surface area (Å²) >= 11 is 5.02. The smallest absolute Gasteiger partial charge is 0.316 e. The number of benzene rings is 1. The molecule has 2 N–H and O–H groups in total. The highest BCUT2D eigenvalue weighted by atomic mass is 32.2. The van der Waals surface area contributed by atoms with Gasteiger partial charge < -0.3 is 10.4 Å². The van der Waals surface area contributed by atoms with Gasteiger partial charge in [0.1, 0.15) is 5.25 Å². The summed E-state index contributed by atoms with van der Waals surface area (Å²) in [5.74, 6) is 2.38. The molecule has 2 unspecified atom stereocenters. The van der Waals surface area contributed by atoms with Gasteiger partial charge >= 0.3 is 5.97 Å². The van der Waals surface area contributed by atoms with Gasteiger partial charge in [0.2, 0.25) is 0 Å². The van der Waals surface area contributed by atoms with Crippen LogP contribution in [0.1, 0.15) is 17.3 Å². The minimum atomic E-state index is -0.879. The summed E-state index contributed by atoms with van der Waals surface area (Å²) in [6.45, 7) is 2.28. The largest absolute Gasteiger partial charge is 0.480 e. The zero-order valence-corrected chi connectivity index (χ0v) is 14.7. The summed E-state index contributed by atoms with van der Waals surface area (Å²) in [6.07, 6.45) is 0. The van der Waals surface area contributed by atoms with E-state index >= 15 is 0 Å². The normalized spacial score (nSPS) is 19.4. The van der Waals surface area contributed by atoms with Crippen molar-refractivity contribution in [1.82, 2.24) is 5.32 Å². The van der Waals surface area contributed by atoms with E-state index in [1.807, 2.05) is 29.6 Å². The molecule has 1 fully saturated rings. The fraction of sp³-hybridized carbons (Fsp3) is 0.467. The fourth-order valence-corrected chi connectivity index (χ4v) is 5.49. The zero-order valence-electron chi connectivity index (χ0n) is 12.3. The first kappa shape index (κ1) is 17.6. The van der Waals surface area contributed by atoms with Crippen LogP contribution in [0.3, 0.4) is 0 Å². The first-order chi connectivity index (χ1) is 10.6. The van der Waals surface area contributed by atoms with E-state index < -0.39 is 11.2 Å². The highest BCUT2D eigenvalue weighted by molar-refractivity contribution is 8.06. The molecule has 0 spiro atoms. The van der Waals surface area contributed by atoms with Crippen LogP contribution in [0.4, 0.5) is 0 Å². The Kier molecular flexibility index (Phi) is 6.98. The zero-order chi connectivity index (χ0) is 15.9. The Morgan fingerprint density at radius 1 is 1.41 bits per heavy atom. The second kappa shape index (κ2) is 8.74. The van der Waals surface area contributed by atoms with Crippen LogP contribution >= 0.6 is 35.3 Å². The van der Waals surface area contributed by atoms with E-state index in [0.29, 0.717) is 22.3 Å². The van der Waals surface area contributed by atoms with Crippen molar-refractivity contribution in [3.05, 3.63) is 29.8 Å². The van der Waals surface area contributed by atoms with Crippen molar-refractivity contribution in [2.75, 3.05) is 23.8 Å². The predicted octanol–water partition coefficient (Wildman–Crippen LogP) is 2.83. The Bertz CT molecular complexity index is 533. The molecule has 7 heteroatoms. The second-order valence-corrected chi connectivity index (χ2v) is 8.81. The van der Waals surface area contributed by atoms with Crippen molar-refractivity contribution >= 4 is 47.2 Å². The van der Waals surface area contributed by atoms with Crippen LogP contribution in [-0.4, -0.2) is 51.3 Å². The Morgan fingerprint density at radius 2 is 2.18 bits per heavy atom. The number of nitrogens with one attached hydrogen (secondary N) is 1. The van der Waals surface area contributed by atoms with Crippen molar-refractivity contribution in [1.29, 1.82) is 0 Å². The lowest BCUT2D eigenvalue weighted by Crippen LogP contribution is -2.33. The average molecular weight is 358 g/mol. The number of amides is 1. The van der Waals surface area contributed by atoms with E-state index in [-0.39, 0.29) is 5.91 Å². The van der Waals surface area contributed by atoms with Crippen LogP contribution in [-0.2, 0) is 4.79 Å². The number of carboxylic acids is 1. The van der Waals surface area contributed by atoms with E-state index in [1.165, 1.54) is 17.5 Å². The Hall–Kier alpha value is -0.790. The predicted molar refractivity (Wildman–Crippen MR) is 95.3 cm³/mol. The molecule has 1 aliphatic heterocycles. The van der Waals surface area contributed by atoms with Gasteiger partial charge in [0.15, 0.2) is 0 Å². The number of thioether (sulfide) groups is 3. The van der Waals surface area contributed by atoms with Gasteiger partial charge in [-0.2, -0.15) is 23.5 Å². The molecular formula is C15H19NO3S3. The fourth-order valence-electron chi connectivity index (χ4n) is 1.95. The van der Waals surface area contributed by atoms with Crippen molar-refractivity contribution in [3.8, 4) is 0 Å². The van der Waals surface area contributed by atoms with Gasteiger partial charge in [0.25, 0.3) is 5.91 Å². The molecule has 1 aliphatic rings. The number of carboxylic acid groups (broad SMARTS) is 1. The summed E-state index contributed by atoms with van der Waals surface area (Å²) in [5.41, 5.74) is 0.550. The molecule has 0 aromatic heterocycles. The van der Waals surface area contributed by atoms with Gasteiger partial charge in [-0.25, -0.2) is 0 Å². The van der Waals surface area contributed by atoms with Crippen LogP contribution in [0, 0.1) is 0 Å². The maximum atomic E-state index is 12.4. The third-order valence-electron chi connectivity index (χ3n) is 3.16. The SMILES string of the molecule is CC(Sc1ccccc1C(=O)NCC1CSCCS1)C(=O)O. The topological polar surface area (TPSA) is 66.4 Å². The highest BCUT2D eigenvalue weighted by Gasteiger charge is 2.19. The molecule has 1 aromatic carbocycles. The lowest BCUT2D eigenvalue weighted by Gasteiger charge is -2.21. The molecule has 2 rings (SSSR count). The third-order valence-corrected chi connectivity index (χ3v) is 7.17. The van der Waals surface area contributed by atoms with Crippen LogP contribution < -0.4 is 5.32 Å². The number of hydrogen-bond acceptors (Lipinski definition) is 5. The maximum absolute atomic E-state index is 12.4. The van der Waals surface area contributed by atoms with Crippen LogP contribution in [0.15, 0.2) is 29.2 Å². The quantitative estimate of drug-likeness (QED) is 0.763. The van der Waals surface area contributed by atoms with Crippen molar-refractivity contribution in [2.24, 2.45) is 0 Å². The minimum absolute atomic E-state index is 0.128. The number of carbonyl (C=O) groups is 2. The van der Waals surface area contributed by atoms with E-state index in [0.717, 1.165) is 11.5 Å². The Labute approximate surface area is 143 Å². The van der Waals surface area contributed by atoms with Crippen LogP contribution in [0.5, 0.6) is 0 Å².